The Morgan fingerprint density at radius 3 is 3.03 bits per heavy atom. The number of carbonyl (C=O) groups excluding carboxylic acids is 1. The van der Waals surface area contributed by atoms with Crippen molar-refractivity contribution in [1.82, 2.24) is 20.1 Å². The van der Waals surface area contributed by atoms with E-state index < -0.39 is 0 Å². The van der Waals surface area contributed by atoms with E-state index in [1.165, 1.54) is 0 Å². The van der Waals surface area contributed by atoms with Gasteiger partial charge in [0.15, 0.2) is 11.6 Å². The summed E-state index contributed by atoms with van der Waals surface area (Å²) in [5, 5.41) is 7.24. The summed E-state index contributed by atoms with van der Waals surface area (Å²) in [6.45, 7) is 5.35. The van der Waals surface area contributed by atoms with E-state index in [9.17, 15) is 4.79 Å². The Balaban J connectivity index is 1.44. The molecule has 1 atom stereocenters. The summed E-state index contributed by atoms with van der Waals surface area (Å²) in [4.78, 5) is 19.4. The van der Waals surface area contributed by atoms with Crippen molar-refractivity contribution in [2.75, 3.05) is 20.2 Å². The van der Waals surface area contributed by atoms with Crippen LogP contribution in [0.5, 0.6) is 5.75 Å². The maximum absolute atomic E-state index is 13.0. The van der Waals surface area contributed by atoms with Crippen LogP contribution in [-0.2, 0) is 12.8 Å². The van der Waals surface area contributed by atoms with Crippen LogP contribution in [0.4, 0.5) is 0 Å². The van der Waals surface area contributed by atoms with E-state index in [4.69, 9.17) is 9.15 Å². The van der Waals surface area contributed by atoms with Crippen LogP contribution in [0.3, 0.4) is 0 Å². The van der Waals surface area contributed by atoms with Crippen molar-refractivity contribution in [2.24, 2.45) is 0 Å². The lowest BCUT2D eigenvalue weighted by Crippen LogP contribution is -2.39. The highest BCUT2D eigenvalue weighted by Gasteiger charge is 2.30. The Bertz CT molecular complexity index is 1020. The molecule has 1 saturated heterocycles. The quantitative estimate of drug-likeness (QED) is 0.669. The Labute approximate surface area is 176 Å². The monoisotopic (exact) mass is 408 g/mol. The van der Waals surface area contributed by atoms with Gasteiger partial charge >= 0.3 is 0 Å². The summed E-state index contributed by atoms with van der Waals surface area (Å²) >= 11 is 0. The molecule has 0 aliphatic carbocycles. The summed E-state index contributed by atoms with van der Waals surface area (Å²) in [7, 11) is 1.66. The molecule has 3 heterocycles. The number of hydrogen-bond donors (Lipinski definition) is 1. The van der Waals surface area contributed by atoms with Gasteiger partial charge in [0.25, 0.3) is 5.91 Å². The van der Waals surface area contributed by atoms with Gasteiger partial charge in [-0.3, -0.25) is 9.89 Å². The number of aromatic nitrogens is 3. The molecule has 158 valence electrons. The molecule has 0 saturated carbocycles. The zero-order chi connectivity index (χ0) is 21.1. The number of carbonyl (C=O) groups is 1. The molecular weight excluding hydrogens is 380 g/mol. The summed E-state index contributed by atoms with van der Waals surface area (Å²) in [5.74, 6) is 2.44. The minimum Gasteiger partial charge on any atom is -0.497 e. The number of hydrogen-bond acceptors (Lipinski definition) is 5. The second-order valence-corrected chi connectivity index (χ2v) is 7.81. The Morgan fingerprint density at radius 2 is 2.27 bits per heavy atom. The van der Waals surface area contributed by atoms with Crippen LogP contribution in [0.25, 0.3) is 0 Å². The molecule has 0 bridgehead atoms. The molecule has 1 fully saturated rings. The number of nitrogens with zero attached hydrogens (tertiary/aromatic N) is 3. The van der Waals surface area contributed by atoms with Crippen LogP contribution in [0, 0.1) is 6.92 Å². The fourth-order valence-electron chi connectivity index (χ4n) is 4.08. The number of piperidine rings is 1. The van der Waals surface area contributed by atoms with Crippen LogP contribution in [0.1, 0.15) is 64.6 Å². The number of amides is 1. The molecule has 7 nitrogen and oxygen atoms in total. The third-order valence-electron chi connectivity index (χ3n) is 5.81. The largest absolute Gasteiger partial charge is 0.497 e. The molecule has 0 unspecified atom stereocenters. The van der Waals surface area contributed by atoms with Gasteiger partial charge in [-0.25, -0.2) is 4.98 Å². The number of rotatable bonds is 6. The molecule has 0 radical (unpaired) electrons. The normalized spacial score (nSPS) is 16.6. The Morgan fingerprint density at radius 1 is 1.40 bits per heavy atom. The molecular formula is C23H28N4O3. The lowest BCUT2D eigenvalue weighted by Gasteiger charge is -2.31. The number of nitrogens with one attached hydrogen (secondary N) is 1. The molecule has 2 aromatic heterocycles. The Kier molecular flexibility index (Phi) is 5.88. The van der Waals surface area contributed by atoms with E-state index in [1.807, 2.05) is 36.1 Å². The van der Waals surface area contributed by atoms with Crippen LogP contribution < -0.4 is 4.74 Å². The summed E-state index contributed by atoms with van der Waals surface area (Å²) < 4.78 is 11.4. The van der Waals surface area contributed by atoms with E-state index >= 15 is 0 Å². The van der Waals surface area contributed by atoms with Crippen molar-refractivity contribution in [3.05, 3.63) is 64.6 Å². The van der Waals surface area contributed by atoms with Crippen molar-refractivity contribution in [3.63, 3.8) is 0 Å². The maximum atomic E-state index is 13.0. The lowest BCUT2D eigenvalue weighted by molar-refractivity contribution is 0.0691. The maximum Gasteiger partial charge on any atom is 0.274 e. The topological polar surface area (TPSA) is 84.2 Å². The van der Waals surface area contributed by atoms with E-state index in [0.29, 0.717) is 24.6 Å². The first-order chi connectivity index (χ1) is 14.6. The predicted octanol–water partition coefficient (Wildman–Crippen LogP) is 3.89. The van der Waals surface area contributed by atoms with Gasteiger partial charge in [0.1, 0.15) is 11.5 Å². The molecule has 4 rings (SSSR count). The number of aromatic amines is 1. The average Bonchev–Trinajstić information content (AvgIpc) is 3.40. The number of methoxy groups -OCH3 is 1. The van der Waals surface area contributed by atoms with Gasteiger partial charge in [-0.1, -0.05) is 19.1 Å². The van der Waals surface area contributed by atoms with Crippen LogP contribution >= 0.6 is 0 Å². The van der Waals surface area contributed by atoms with Crippen LogP contribution in [-0.4, -0.2) is 46.2 Å². The lowest BCUT2D eigenvalue weighted by atomic mass is 9.97. The zero-order valence-corrected chi connectivity index (χ0v) is 17.8. The van der Waals surface area contributed by atoms with Gasteiger partial charge in [0.2, 0.25) is 0 Å². The second-order valence-electron chi connectivity index (χ2n) is 7.81. The van der Waals surface area contributed by atoms with E-state index in [1.54, 1.807) is 13.3 Å². The van der Waals surface area contributed by atoms with Gasteiger partial charge in [-0.05, 0) is 43.9 Å². The second kappa shape index (κ2) is 8.73. The first kappa shape index (κ1) is 20.2. The van der Waals surface area contributed by atoms with Gasteiger partial charge in [-0.15, -0.1) is 0 Å². The van der Waals surface area contributed by atoms with Crippen LogP contribution in [0.15, 0.2) is 34.9 Å². The summed E-state index contributed by atoms with van der Waals surface area (Å²) in [6, 6.07) is 7.94. The molecule has 1 aliphatic rings. The fourth-order valence-corrected chi connectivity index (χ4v) is 4.08. The molecule has 3 aromatic rings. The van der Waals surface area contributed by atoms with Gasteiger partial charge in [0.05, 0.1) is 19.2 Å². The third-order valence-corrected chi connectivity index (χ3v) is 5.81. The van der Waals surface area contributed by atoms with E-state index in [-0.39, 0.29) is 11.8 Å². The number of aryl methyl sites for hydroxylation is 1. The van der Waals surface area contributed by atoms with E-state index in [0.717, 1.165) is 54.1 Å². The van der Waals surface area contributed by atoms with Gasteiger partial charge < -0.3 is 14.1 Å². The summed E-state index contributed by atoms with van der Waals surface area (Å²) in [5.41, 5.74) is 3.60. The number of H-pyrrole nitrogens is 1. The first-order valence-corrected chi connectivity index (χ1v) is 10.5. The number of ether oxygens (including phenoxy) is 1. The van der Waals surface area contributed by atoms with Crippen molar-refractivity contribution < 1.29 is 13.9 Å². The highest BCUT2D eigenvalue weighted by atomic mass is 16.5. The fraction of sp³-hybridized carbons (Fsp3) is 0.435. The number of likely N-dealkylation sites (tertiary alicyclic amines) is 1. The number of oxazole rings is 1. The number of benzene rings is 1. The molecule has 1 aliphatic heterocycles. The molecule has 30 heavy (non-hydrogen) atoms. The van der Waals surface area contributed by atoms with Crippen molar-refractivity contribution in [1.29, 1.82) is 0 Å². The smallest absolute Gasteiger partial charge is 0.274 e. The molecule has 1 N–H and O–H groups in total. The minimum absolute atomic E-state index is 0.0173. The van der Waals surface area contributed by atoms with Crippen molar-refractivity contribution in [3.8, 4) is 5.75 Å². The molecule has 7 heteroatoms. The average molecular weight is 409 g/mol. The highest BCUT2D eigenvalue weighted by Crippen LogP contribution is 2.28. The van der Waals surface area contributed by atoms with Crippen molar-refractivity contribution in [2.45, 2.75) is 45.4 Å². The van der Waals surface area contributed by atoms with Crippen molar-refractivity contribution >= 4 is 5.91 Å². The molecule has 0 spiro atoms. The zero-order valence-electron chi connectivity index (χ0n) is 17.8. The molecule has 1 aromatic carbocycles. The first-order valence-electron chi connectivity index (χ1n) is 10.5. The highest BCUT2D eigenvalue weighted by molar-refractivity contribution is 5.94. The predicted molar refractivity (Wildman–Crippen MR) is 113 cm³/mol. The molecule has 1 amide bonds. The van der Waals surface area contributed by atoms with E-state index in [2.05, 4.69) is 22.1 Å². The van der Waals surface area contributed by atoms with Crippen LogP contribution in [0.2, 0.25) is 0 Å². The standard InChI is InChI=1S/C23H28N4O3/c1-4-20-15(2)21(26-25-20)23(28)27-10-6-8-17(14-27)22-24-13-19(30-22)12-16-7-5-9-18(11-16)29-3/h5,7,9,11,13,17H,4,6,8,10,12,14H2,1-3H3,(H,25,26)/t17-/m0/s1. The minimum atomic E-state index is -0.0173. The third kappa shape index (κ3) is 4.10. The SMILES string of the molecule is CCc1[nH]nc(C(=O)N2CCC[C@H](c3ncc(Cc4cccc(OC)c4)o3)C2)c1C. The van der Waals surface area contributed by atoms with Gasteiger partial charge in [0, 0.05) is 30.8 Å². The Hall–Kier alpha value is -3.09. The summed E-state index contributed by atoms with van der Waals surface area (Å²) in [6.07, 6.45) is 5.17. The van der Waals surface area contributed by atoms with Gasteiger partial charge in [-0.2, -0.15) is 5.10 Å².